The summed E-state index contributed by atoms with van der Waals surface area (Å²) in [6.07, 6.45) is -4.49. The minimum atomic E-state index is -4.49. The Morgan fingerprint density at radius 2 is 1.67 bits per heavy atom. The van der Waals surface area contributed by atoms with Crippen molar-refractivity contribution in [2.24, 2.45) is 0 Å². The van der Waals surface area contributed by atoms with Gasteiger partial charge in [0, 0.05) is 0 Å². The maximum Gasteiger partial charge on any atom is 0.416 e. The van der Waals surface area contributed by atoms with Crippen LogP contribution in [0.15, 0.2) is 12.1 Å². The average molecular weight is 220 g/mol. The van der Waals surface area contributed by atoms with E-state index in [9.17, 15) is 17.6 Å². The van der Waals surface area contributed by atoms with E-state index in [-0.39, 0.29) is 17.0 Å². The lowest BCUT2D eigenvalue weighted by molar-refractivity contribution is -0.138. The van der Waals surface area contributed by atoms with Gasteiger partial charge in [-0.25, -0.2) is 4.39 Å². The molecular weight excluding hydrogens is 208 g/mol. The maximum atomic E-state index is 13.1. The van der Waals surface area contributed by atoms with Gasteiger partial charge in [-0.1, -0.05) is 19.9 Å². The van der Waals surface area contributed by atoms with Crippen molar-refractivity contribution in [1.29, 1.82) is 0 Å². The summed E-state index contributed by atoms with van der Waals surface area (Å²) < 4.78 is 50.7. The molecule has 0 radical (unpaired) electrons. The molecule has 0 fully saturated rings. The second-order valence-electron chi connectivity index (χ2n) is 3.84. The molecule has 0 aliphatic heterocycles. The number of hydrogen-bond donors (Lipinski definition) is 0. The molecule has 0 saturated carbocycles. The van der Waals surface area contributed by atoms with E-state index in [2.05, 4.69) is 0 Å². The largest absolute Gasteiger partial charge is 0.416 e. The Balaban J connectivity index is 3.42. The monoisotopic (exact) mass is 220 g/mol. The number of aryl methyl sites for hydroxylation is 1. The molecule has 0 nitrogen and oxygen atoms in total. The first-order valence-electron chi connectivity index (χ1n) is 4.60. The van der Waals surface area contributed by atoms with E-state index < -0.39 is 17.6 Å². The van der Waals surface area contributed by atoms with E-state index in [1.165, 1.54) is 13.0 Å². The fourth-order valence-electron chi connectivity index (χ4n) is 1.43. The van der Waals surface area contributed by atoms with Crippen LogP contribution in [-0.4, -0.2) is 0 Å². The fourth-order valence-corrected chi connectivity index (χ4v) is 1.43. The molecule has 0 heterocycles. The SMILES string of the molecule is Cc1cc(C(C)C)c(C(F)(F)F)cc1F. The molecule has 0 unspecified atom stereocenters. The zero-order chi connectivity index (χ0) is 11.8. The Labute approximate surface area is 85.9 Å². The van der Waals surface area contributed by atoms with Crippen molar-refractivity contribution in [2.75, 3.05) is 0 Å². The standard InChI is InChI=1S/C11H12F4/c1-6(2)8-4-7(3)10(12)5-9(8)11(13,14)15/h4-6H,1-3H3. The first-order valence-corrected chi connectivity index (χ1v) is 4.60. The van der Waals surface area contributed by atoms with Gasteiger partial charge in [-0.15, -0.1) is 0 Å². The second kappa shape index (κ2) is 3.83. The smallest absolute Gasteiger partial charge is 0.207 e. The molecule has 0 amide bonds. The van der Waals surface area contributed by atoms with Crippen LogP contribution < -0.4 is 0 Å². The van der Waals surface area contributed by atoms with Crippen LogP contribution in [0.4, 0.5) is 17.6 Å². The summed E-state index contributed by atoms with van der Waals surface area (Å²) in [5, 5.41) is 0. The average Bonchev–Trinajstić information content (AvgIpc) is 2.06. The summed E-state index contributed by atoms with van der Waals surface area (Å²) in [5.74, 6) is -1.09. The van der Waals surface area contributed by atoms with Gasteiger partial charge in [0.1, 0.15) is 5.82 Å². The first kappa shape index (κ1) is 12.0. The quantitative estimate of drug-likeness (QED) is 0.620. The van der Waals surface area contributed by atoms with E-state index >= 15 is 0 Å². The van der Waals surface area contributed by atoms with Crippen molar-refractivity contribution >= 4 is 0 Å². The van der Waals surface area contributed by atoms with Crippen molar-refractivity contribution < 1.29 is 17.6 Å². The molecule has 1 aromatic rings. The highest BCUT2D eigenvalue weighted by molar-refractivity contribution is 5.36. The summed E-state index contributed by atoms with van der Waals surface area (Å²) in [5.41, 5.74) is -0.492. The Morgan fingerprint density at radius 1 is 1.13 bits per heavy atom. The Kier molecular flexibility index (Phi) is 3.07. The predicted molar refractivity (Wildman–Crippen MR) is 50.2 cm³/mol. The van der Waals surface area contributed by atoms with Crippen LogP contribution in [0.5, 0.6) is 0 Å². The highest BCUT2D eigenvalue weighted by atomic mass is 19.4. The zero-order valence-corrected chi connectivity index (χ0v) is 8.74. The maximum absolute atomic E-state index is 13.1. The molecule has 4 heteroatoms. The van der Waals surface area contributed by atoms with Crippen LogP contribution in [0.2, 0.25) is 0 Å². The molecule has 1 aromatic carbocycles. The number of benzene rings is 1. The van der Waals surface area contributed by atoms with E-state index in [1.54, 1.807) is 13.8 Å². The molecule has 84 valence electrons. The zero-order valence-electron chi connectivity index (χ0n) is 8.74. The summed E-state index contributed by atoms with van der Waals surface area (Å²) in [7, 11) is 0. The third-order valence-electron chi connectivity index (χ3n) is 2.26. The van der Waals surface area contributed by atoms with Crippen LogP contribution in [0.1, 0.15) is 36.5 Å². The highest BCUT2D eigenvalue weighted by Crippen LogP contribution is 2.36. The highest BCUT2D eigenvalue weighted by Gasteiger charge is 2.34. The van der Waals surface area contributed by atoms with Gasteiger partial charge in [-0.05, 0) is 30.0 Å². The predicted octanol–water partition coefficient (Wildman–Crippen LogP) is 4.28. The molecule has 0 aliphatic rings. The lowest BCUT2D eigenvalue weighted by Crippen LogP contribution is -2.11. The van der Waals surface area contributed by atoms with Crippen molar-refractivity contribution in [2.45, 2.75) is 32.9 Å². The number of alkyl halides is 3. The lowest BCUT2D eigenvalue weighted by Gasteiger charge is -2.16. The molecule has 0 saturated heterocycles. The molecule has 15 heavy (non-hydrogen) atoms. The lowest BCUT2D eigenvalue weighted by atomic mass is 9.94. The van der Waals surface area contributed by atoms with Crippen molar-refractivity contribution in [3.8, 4) is 0 Å². The minimum Gasteiger partial charge on any atom is -0.207 e. The first-order chi connectivity index (χ1) is 6.73. The van der Waals surface area contributed by atoms with Gasteiger partial charge in [0.2, 0.25) is 0 Å². The van der Waals surface area contributed by atoms with Gasteiger partial charge in [0.05, 0.1) is 5.56 Å². The number of halogens is 4. The van der Waals surface area contributed by atoms with Crippen LogP contribution in [-0.2, 0) is 6.18 Å². The molecule has 0 N–H and O–H groups in total. The molecule has 0 bridgehead atoms. The van der Waals surface area contributed by atoms with Gasteiger partial charge in [0.15, 0.2) is 0 Å². The van der Waals surface area contributed by atoms with E-state index in [4.69, 9.17) is 0 Å². The molecule has 0 spiro atoms. The Morgan fingerprint density at radius 3 is 2.07 bits per heavy atom. The number of rotatable bonds is 1. The molecule has 0 aliphatic carbocycles. The van der Waals surface area contributed by atoms with Crippen molar-refractivity contribution in [3.05, 3.63) is 34.6 Å². The normalized spacial score (nSPS) is 12.3. The molecule has 1 rings (SSSR count). The number of hydrogen-bond acceptors (Lipinski definition) is 0. The van der Waals surface area contributed by atoms with Crippen LogP contribution in [0, 0.1) is 12.7 Å². The molecule has 0 atom stereocenters. The third kappa shape index (κ3) is 2.49. The Bertz CT molecular complexity index is 364. The summed E-state index contributed by atoms with van der Waals surface area (Å²) in [6.45, 7) is 4.77. The summed E-state index contributed by atoms with van der Waals surface area (Å²) in [4.78, 5) is 0. The minimum absolute atomic E-state index is 0.140. The van der Waals surface area contributed by atoms with Gasteiger partial charge in [-0.3, -0.25) is 0 Å². The van der Waals surface area contributed by atoms with Crippen LogP contribution in [0.25, 0.3) is 0 Å². The second-order valence-corrected chi connectivity index (χ2v) is 3.84. The topological polar surface area (TPSA) is 0 Å². The molecular formula is C11H12F4. The van der Waals surface area contributed by atoms with Crippen molar-refractivity contribution in [1.82, 2.24) is 0 Å². The van der Waals surface area contributed by atoms with Crippen LogP contribution in [0.3, 0.4) is 0 Å². The van der Waals surface area contributed by atoms with Gasteiger partial charge in [-0.2, -0.15) is 13.2 Å². The summed E-state index contributed by atoms with van der Waals surface area (Å²) >= 11 is 0. The van der Waals surface area contributed by atoms with Crippen LogP contribution >= 0.6 is 0 Å². The molecule has 0 aromatic heterocycles. The van der Waals surface area contributed by atoms with Gasteiger partial charge in [0.25, 0.3) is 0 Å². The third-order valence-corrected chi connectivity index (χ3v) is 2.26. The van der Waals surface area contributed by atoms with E-state index in [1.807, 2.05) is 0 Å². The van der Waals surface area contributed by atoms with Gasteiger partial charge >= 0.3 is 6.18 Å². The Hall–Kier alpha value is -1.06. The van der Waals surface area contributed by atoms with E-state index in [0.29, 0.717) is 6.07 Å². The van der Waals surface area contributed by atoms with Crippen molar-refractivity contribution in [3.63, 3.8) is 0 Å². The van der Waals surface area contributed by atoms with E-state index in [0.717, 1.165) is 0 Å². The fraction of sp³-hybridized carbons (Fsp3) is 0.455. The summed E-state index contributed by atoms with van der Waals surface area (Å²) in [6, 6.07) is 1.84. The van der Waals surface area contributed by atoms with Gasteiger partial charge < -0.3 is 0 Å².